The number of aliphatic hydroxyl groups excluding tert-OH is 1. The van der Waals surface area contributed by atoms with Crippen molar-refractivity contribution in [3.05, 3.63) is 59.4 Å². The second-order valence-corrected chi connectivity index (χ2v) is 5.58. The summed E-state index contributed by atoms with van der Waals surface area (Å²) in [7, 11) is 1.97. The number of carbonyl (C=O) groups excluding carboxylic acids is 1. The molecule has 0 saturated carbocycles. The van der Waals surface area contributed by atoms with Crippen molar-refractivity contribution in [1.29, 1.82) is 0 Å². The maximum absolute atomic E-state index is 12.6. The summed E-state index contributed by atoms with van der Waals surface area (Å²) >= 11 is 0. The van der Waals surface area contributed by atoms with E-state index in [1.807, 2.05) is 54.6 Å². The molecule has 1 N–H and O–H groups in total. The number of amides is 1. The largest absolute Gasteiger partial charge is 0.394 e. The fraction of sp³-hybridized carbons (Fsp3) is 0.353. The zero-order chi connectivity index (χ0) is 14.8. The molecule has 3 rings (SSSR count). The van der Waals surface area contributed by atoms with Gasteiger partial charge >= 0.3 is 0 Å². The predicted octanol–water partition coefficient (Wildman–Crippen LogP) is 1.54. The molecule has 4 heteroatoms. The van der Waals surface area contributed by atoms with Gasteiger partial charge in [-0.25, -0.2) is 0 Å². The molecule has 2 heterocycles. The van der Waals surface area contributed by atoms with Crippen molar-refractivity contribution in [3.63, 3.8) is 0 Å². The van der Waals surface area contributed by atoms with Gasteiger partial charge in [0.25, 0.3) is 5.91 Å². The molecule has 0 aliphatic carbocycles. The minimum atomic E-state index is -0.168. The topological polar surface area (TPSA) is 43.8 Å². The number of allylic oxidation sites excluding steroid dienone is 1. The Bertz CT molecular complexity index is 592. The number of hydrogen-bond acceptors (Lipinski definition) is 3. The Morgan fingerprint density at radius 2 is 2.05 bits per heavy atom. The number of aliphatic hydroxyl groups is 1. The number of nitrogens with zero attached hydrogens (tertiary/aromatic N) is 2. The zero-order valence-electron chi connectivity index (χ0n) is 12.2. The van der Waals surface area contributed by atoms with Gasteiger partial charge in [-0.2, -0.15) is 0 Å². The summed E-state index contributed by atoms with van der Waals surface area (Å²) in [5.41, 5.74) is 3.07. The first-order valence-electron chi connectivity index (χ1n) is 7.28. The molecule has 1 unspecified atom stereocenters. The molecule has 0 saturated heterocycles. The van der Waals surface area contributed by atoms with Crippen LogP contribution in [0.5, 0.6) is 0 Å². The molecule has 0 radical (unpaired) electrons. The van der Waals surface area contributed by atoms with Gasteiger partial charge in [-0.05, 0) is 24.6 Å². The van der Waals surface area contributed by atoms with Crippen molar-refractivity contribution >= 4 is 5.91 Å². The van der Waals surface area contributed by atoms with Crippen molar-refractivity contribution < 1.29 is 9.90 Å². The van der Waals surface area contributed by atoms with Gasteiger partial charge in [0.15, 0.2) is 0 Å². The Morgan fingerprint density at radius 1 is 1.29 bits per heavy atom. The van der Waals surface area contributed by atoms with Crippen LogP contribution in [0.2, 0.25) is 0 Å². The van der Waals surface area contributed by atoms with Gasteiger partial charge in [0.05, 0.1) is 19.2 Å². The highest BCUT2D eigenvalue weighted by Gasteiger charge is 2.36. The Morgan fingerprint density at radius 3 is 2.71 bits per heavy atom. The number of rotatable bonds is 4. The van der Waals surface area contributed by atoms with Gasteiger partial charge in [0.2, 0.25) is 0 Å². The van der Waals surface area contributed by atoms with Crippen LogP contribution in [0.15, 0.2) is 53.9 Å². The maximum atomic E-state index is 12.6. The van der Waals surface area contributed by atoms with E-state index in [0.717, 1.165) is 16.8 Å². The lowest BCUT2D eigenvalue weighted by molar-refractivity contribution is -0.128. The zero-order valence-corrected chi connectivity index (χ0v) is 12.2. The Hall–Kier alpha value is -2.07. The van der Waals surface area contributed by atoms with Crippen LogP contribution < -0.4 is 0 Å². The lowest BCUT2D eigenvalue weighted by Gasteiger charge is -2.27. The average Bonchev–Trinajstić information content (AvgIpc) is 2.85. The Balaban J connectivity index is 1.76. The molecular formula is C17H20N2O2. The van der Waals surface area contributed by atoms with E-state index in [1.165, 1.54) is 0 Å². The van der Waals surface area contributed by atoms with Crippen LogP contribution in [0.4, 0.5) is 0 Å². The minimum Gasteiger partial charge on any atom is -0.394 e. The van der Waals surface area contributed by atoms with E-state index in [9.17, 15) is 9.90 Å². The van der Waals surface area contributed by atoms with Gasteiger partial charge in [0.1, 0.15) is 0 Å². The minimum absolute atomic E-state index is 0.0155. The molecule has 0 aromatic heterocycles. The lowest BCUT2D eigenvalue weighted by Crippen LogP contribution is -2.42. The molecule has 110 valence electrons. The van der Waals surface area contributed by atoms with E-state index in [0.29, 0.717) is 19.4 Å². The van der Waals surface area contributed by atoms with Gasteiger partial charge in [0, 0.05) is 18.3 Å². The molecule has 0 bridgehead atoms. The highest BCUT2D eigenvalue weighted by atomic mass is 16.3. The van der Waals surface area contributed by atoms with Crippen LogP contribution in [0.1, 0.15) is 12.0 Å². The van der Waals surface area contributed by atoms with E-state index in [4.69, 9.17) is 0 Å². The van der Waals surface area contributed by atoms with Crippen molar-refractivity contribution in [1.82, 2.24) is 9.80 Å². The Kier molecular flexibility index (Phi) is 3.80. The normalized spacial score (nSPS) is 19.2. The number of benzene rings is 1. The maximum Gasteiger partial charge on any atom is 0.252 e. The third kappa shape index (κ3) is 2.59. The molecule has 4 nitrogen and oxygen atoms in total. The first kappa shape index (κ1) is 13.9. The SMILES string of the molecule is CN1C=CCC2=C1CN(C(CO)Cc1ccccc1)C2=O. The summed E-state index contributed by atoms with van der Waals surface area (Å²) < 4.78 is 0. The number of carbonyl (C=O) groups is 1. The highest BCUT2D eigenvalue weighted by molar-refractivity contribution is 5.97. The molecule has 1 aromatic rings. The standard InChI is InChI=1S/C17H20N2O2/c1-18-9-5-8-15-16(18)11-19(17(15)21)14(12-20)10-13-6-3-2-4-7-13/h2-7,9,14,20H,8,10-12H2,1H3. The van der Waals surface area contributed by atoms with Gasteiger partial charge in [-0.1, -0.05) is 36.4 Å². The van der Waals surface area contributed by atoms with Crippen LogP contribution in [0, 0.1) is 0 Å². The fourth-order valence-corrected chi connectivity index (χ4v) is 3.03. The Labute approximate surface area is 125 Å². The van der Waals surface area contributed by atoms with Crippen molar-refractivity contribution in [2.24, 2.45) is 0 Å². The van der Waals surface area contributed by atoms with E-state index in [1.54, 1.807) is 4.90 Å². The number of hydrogen-bond donors (Lipinski definition) is 1. The molecular weight excluding hydrogens is 264 g/mol. The van der Waals surface area contributed by atoms with Crippen LogP contribution in [-0.2, 0) is 11.2 Å². The molecule has 0 spiro atoms. The van der Waals surface area contributed by atoms with Crippen molar-refractivity contribution in [2.75, 3.05) is 20.2 Å². The molecule has 1 aromatic carbocycles. The second-order valence-electron chi connectivity index (χ2n) is 5.58. The predicted molar refractivity (Wildman–Crippen MR) is 81.3 cm³/mol. The van der Waals surface area contributed by atoms with Gasteiger partial charge in [-0.15, -0.1) is 0 Å². The van der Waals surface area contributed by atoms with E-state index < -0.39 is 0 Å². The van der Waals surface area contributed by atoms with E-state index >= 15 is 0 Å². The van der Waals surface area contributed by atoms with Crippen LogP contribution >= 0.6 is 0 Å². The van der Waals surface area contributed by atoms with E-state index in [-0.39, 0.29) is 18.6 Å². The number of likely N-dealkylation sites (N-methyl/N-ethyl adjacent to an activating group) is 1. The molecule has 2 aliphatic heterocycles. The second kappa shape index (κ2) is 5.74. The summed E-state index contributed by atoms with van der Waals surface area (Å²) in [5, 5.41) is 9.72. The quantitative estimate of drug-likeness (QED) is 0.912. The van der Waals surface area contributed by atoms with Crippen LogP contribution in [0.3, 0.4) is 0 Å². The smallest absolute Gasteiger partial charge is 0.252 e. The molecule has 21 heavy (non-hydrogen) atoms. The third-order valence-electron chi connectivity index (χ3n) is 4.23. The van der Waals surface area contributed by atoms with Crippen LogP contribution in [0.25, 0.3) is 0 Å². The van der Waals surface area contributed by atoms with Crippen molar-refractivity contribution in [3.8, 4) is 0 Å². The monoisotopic (exact) mass is 284 g/mol. The van der Waals surface area contributed by atoms with Crippen molar-refractivity contribution in [2.45, 2.75) is 18.9 Å². The third-order valence-corrected chi connectivity index (χ3v) is 4.23. The molecule has 1 amide bonds. The summed E-state index contributed by atoms with van der Waals surface area (Å²) in [4.78, 5) is 16.4. The summed E-state index contributed by atoms with van der Waals surface area (Å²) in [6.45, 7) is 0.575. The molecule has 1 atom stereocenters. The van der Waals surface area contributed by atoms with Gasteiger partial charge in [-0.3, -0.25) is 4.79 Å². The summed E-state index contributed by atoms with van der Waals surface area (Å²) in [6.07, 6.45) is 5.38. The fourth-order valence-electron chi connectivity index (χ4n) is 3.03. The first-order chi connectivity index (χ1) is 10.2. The highest BCUT2D eigenvalue weighted by Crippen LogP contribution is 2.29. The van der Waals surface area contributed by atoms with Crippen LogP contribution in [-0.4, -0.2) is 47.1 Å². The lowest BCUT2D eigenvalue weighted by atomic mass is 10.1. The summed E-state index contributed by atoms with van der Waals surface area (Å²) in [5.74, 6) is 0.0659. The molecule has 0 fully saturated rings. The first-order valence-corrected chi connectivity index (χ1v) is 7.28. The van der Waals surface area contributed by atoms with Gasteiger partial charge < -0.3 is 14.9 Å². The summed E-state index contributed by atoms with van der Waals surface area (Å²) in [6, 6.07) is 9.83. The van der Waals surface area contributed by atoms with E-state index in [2.05, 4.69) is 0 Å². The molecule has 2 aliphatic rings. The average molecular weight is 284 g/mol.